The molecule has 1 fully saturated rings. The molecule has 7 heteroatoms. The SMILES string of the molecule is CCc1nc(C)c(C(=O)N2CCC(c3cc(=O)[nH]cn3)CC2)s1. The lowest BCUT2D eigenvalue weighted by atomic mass is 9.93. The number of thiazole rings is 1. The molecule has 1 N–H and O–H groups in total. The third kappa shape index (κ3) is 3.34. The summed E-state index contributed by atoms with van der Waals surface area (Å²) in [6.45, 7) is 5.33. The third-order valence-electron chi connectivity index (χ3n) is 4.24. The molecule has 2 aromatic rings. The van der Waals surface area contributed by atoms with Gasteiger partial charge in [-0.15, -0.1) is 11.3 Å². The predicted octanol–water partition coefficient (Wildman–Crippen LogP) is 2.12. The minimum atomic E-state index is -0.124. The standard InChI is InChI=1S/C16H20N4O2S/c1-3-14-19-10(2)15(23-14)16(22)20-6-4-11(5-7-20)12-8-13(21)18-9-17-12/h8-9,11H,3-7H2,1-2H3,(H,17,18,21). The maximum Gasteiger partial charge on any atom is 0.265 e. The summed E-state index contributed by atoms with van der Waals surface area (Å²) in [6, 6.07) is 1.56. The van der Waals surface area contributed by atoms with Crippen molar-refractivity contribution < 1.29 is 4.79 Å². The molecule has 0 bridgehead atoms. The lowest BCUT2D eigenvalue weighted by Gasteiger charge is -2.31. The van der Waals surface area contributed by atoms with Gasteiger partial charge in [0, 0.05) is 25.1 Å². The summed E-state index contributed by atoms with van der Waals surface area (Å²) in [6.07, 6.45) is 3.97. The van der Waals surface area contributed by atoms with Crippen LogP contribution < -0.4 is 5.56 Å². The molecule has 0 aliphatic carbocycles. The number of nitrogens with zero attached hydrogens (tertiary/aromatic N) is 3. The van der Waals surface area contributed by atoms with Gasteiger partial charge in [0.1, 0.15) is 4.88 Å². The molecule has 6 nitrogen and oxygen atoms in total. The van der Waals surface area contributed by atoms with Crippen molar-refractivity contribution in [3.8, 4) is 0 Å². The molecule has 0 unspecified atom stereocenters. The molecule has 0 spiro atoms. The molecule has 3 rings (SSSR count). The number of H-pyrrole nitrogens is 1. The number of hydrogen-bond donors (Lipinski definition) is 1. The number of aryl methyl sites for hydroxylation is 2. The highest BCUT2D eigenvalue weighted by Gasteiger charge is 2.27. The first kappa shape index (κ1) is 15.9. The summed E-state index contributed by atoms with van der Waals surface area (Å²) >= 11 is 1.50. The Balaban J connectivity index is 1.67. The van der Waals surface area contributed by atoms with Gasteiger partial charge in [-0.3, -0.25) is 9.59 Å². The van der Waals surface area contributed by atoms with Gasteiger partial charge in [0.05, 0.1) is 22.7 Å². The highest BCUT2D eigenvalue weighted by Crippen LogP contribution is 2.28. The van der Waals surface area contributed by atoms with Crippen LogP contribution in [0.5, 0.6) is 0 Å². The van der Waals surface area contributed by atoms with Gasteiger partial charge in [0.25, 0.3) is 11.5 Å². The number of rotatable bonds is 3. The number of aromatic nitrogens is 3. The van der Waals surface area contributed by atoms with Crippen LogP contribution in [0.4, 0.5) is 0 Å². The van der Waals surface area contributed by atoms with Crippen molar-refractivity contribution in [2.75, 3.05) is 13.1 Å². The molecule has 0 aromatic carbocycles. The van der Waals surface area contributed by atoms with Gasteiger partial charge in [-0.1, -0.05) is 6.92 Å². The maximum atomic E-state index is 12.7. The van der Waals surface area contributed by atoms with Gasteiger partial charge in [-0.25, -0.2) is 9.97 Å². The lowest BCUT2D eigenvalue weighted by molar-refractivity contribution is 0.0716. The molecular weight excluding hydrogens is 312 g/mol. The highest BCUT2D eigenvalue weighted by atomic mass is 32.1. The van der Waals surface area contributed by atoms with Crippen molar-refractivity contribution in [1.29, 1.82) is 0 Å². The zero-order chi connectivity index (χ0) is 16.4. The van der Waals surface area contributed by atoms with Crippen molar-refractivity contribution in [3.05, 3.63) is 44.0 Å². The summed E-state index contributed by atoms with van der Waals surface area (Å²) in [5.41, 5.74) is 1.53. The number of nitrogens with one attached hydrogen (secondary N) is 1. The Labute approximate surface area is 138 Å². The molecule has 122 valence electrons. The van der Waals surface area contributed by atoms with Crippen molar-refractivity contribution in [2.45, 2.75) is 39.0 Å². The largest absolute Gasteiger partial charge is 0.338 e. The van der Waals surface area contributed by atoms with Gasteiger partial charge in [-0.05, 0) is 26.2 Å². The number of amides is 1. The van der Waals surface area contributed by atoms with E-state index in [0.717, 1.165) is 40.5 Å². The van der Waals surface area contributed by atoms with E-state index in [0.29, 0.717) is 13.1 Å². The van der Waals surface area contributed by atoms with Crippen molar-refractivity contribution >= 4 is 17.2 Å². The highest BCUT2D eigenvalue weighted by molar-refractivity contribution is 7.13. The first-order chi connectivity index (χ1) is 11.1. The predicted molar refractivity (Wildman–Crippen MR) is 89.0 cm³/mol. The Morgan fingerprint density at radius 1 is 1.43 bits per heavy atom. The van der Waals surface area contributed by atoms with Crippen molar-refractivity contribution in [1.82, 2.24) is 19.9 Å². The average Bonchev–Trinajstić information content (AvgIpc) is 2.95. The Hall–Kier alpha value is -2.02. The molecule has 1 saturated heterocycles. The molecule has 0 saturated carbocycles. The van der Waals surface area contributed by atoms with Gasteiger partial charge in [-0.2, -0.15) is 0 Å². The fourth-order valence-corrected chi connectivity index (χ4v) is 3.90. The van der Waals surface area contributed by atoms with Gasteiger partial charge < -0.3 is 9.88 Å². The summed E-state index contributed by atoms with van der Waals surface area (Å²) in [4.78, 5) is 37.9. The monoisotopic (exact) mass is 332 g/mol. The van der Waals surface area contributed by atoms with Gasteiger partial charge >= 0.3 is 0 Å². The van der Waals surface area contributed by atoms with Crippen LogP contribution in [0, 0.1) is 6.92 Å². The second-order valence-corrected chi connectivity index (χ2v) is 6.86. The quantitative estimate of drug-likeness (QED) is 0.934. The van der Waals surface area contributed by atoms with Crippen LogP contribution >= 0.6 is 11.3 Å². The van der Waals surface area contributed by atoms with Crippen LogP contribution in [0.3, 0.4) is 0 Å². The Kier molecular flexibility index (Phi) is 4.56. The Morgan fingerprint density at radius 3 is 2.78 bits per heavy atom. The summed E-state index contributed by atoms with van der Waals surface area (Å²) in [5.74, 6) is 0.326. The van der Waals surface area contributed by atoms with Gasteiger partial charge in [0.15, 0.2) is 0 Å². The van der Waals surface area contributed by atoms with Crippen LogP contribution in [0.25, 0.3) is 0 Å². The van der Waals surface area contributed by atoms with E-state index < -0.39 is 0 Å². The molecule has 3 heterocycles. The molecule has 0 atom stereocenters. The summed E-state index contributed by atoms with van der Waals surface area (Å²) < 4.78 is 0. The molecule has 23 heavy (non-hydrogen) atoms. The molecule has 1 aliphatic rings. The van der Waals surface area contributed by atoms with E-state index in [2.05, 4.69) is 15.0 Å². The fraction of sp³-hybridized carbons (Fsp3) is 0.500. The Bertz CT molecular complexity index is 759. The fourth-order valence-electron chi connectivity index (χ4n) is 2.93. The normalized spacial score (nSPS) is 15.8. The molecule has 1 amide bonds. The minimum absolute atomic E-state index is 0.0806. The second-order valence-electron chi connectivity index (χ2n) is 5.78. The number of likely N-dealkylation sites (tertiary alicyclic amines) is 1. The van der Waals surface area contributed by atoms with Crippen LogP contribution in [0.1, 0.15) is 51.8 Å². The zero-order valence-corrected chi connectivity index (χ0v) is 14.2. The Morgan fingerprint density at radius 2 is 2.17 bits per heavy atom. The minimum Gasteiger partial charge on any atom is -0.338 e. The molecule has 0 radical (unpaired) electrons. The number of carbonyl (C=O) groups is 1. The zero-order valence-electron chi connectivity index (χ0n) is 13.3. The van der Waals surface area contributed by atoms with Gasteiger partial charge in [0.2, 0.25) is 0 Å². The van der Waals surface area contributed by atoms with E-state index in [1.807, 2.05) is 18.7 Å². The topological polar surface area (TPSA) is 79.0 Å². The van der Waals surface area contributed by atoms with Crippen LogP contribution in [-0.2, 0) is 6.42 Å². The lowest BCUT2D eigenvalue weighted by Crippen LogP contribution is -2.38. The number of piperidine rings is 1. The van der Waals surface area contributed by atoms with E-state index in [-0.39, 0.29) is 17.4 Å². The maximum absolute atomic E-state index is 12.7. The number of hydrogen-bond acceptors (Lipinski definition) is 5. The van der Waals surface area contributed by atoms with E-state index in [1.165, 1.54) is 17.7 Å². The second kappa shape index (κ2) is 6.62. The molecular formula is C16H20N4O2S. The molecule has 1 aliphatic heterocycles. The first-order valence-electron chi connectivity index (χ1n) is 7.88. The third-order valence-corrected chi connectivity index (χ3v) is 5.53. The van der Waals surface area contributed by atoms with Crippen molar-refractivity contribution in [3.63, 3.8) is 0 Å². The summed E-state index contributed by atoms with van der Waals surface area (Å²) in [7, 11) is 0. The van der Waals surface area contributed by atoms with E-state index in [4.69, 9.17) is 0 Å². The first-order valence-corrected chi connectivity index (χ1v) is 8.70. The molecule has 2 aromatic heterocycles. The van der Waals surface area contributed by atoms with Crippen LogP contribution in [0.2, 0.25) is 0 Å². The van der Waals surface area contributed by atoms with Crippen molar-refractivity contribution in [2.24, 2.45) is 0 Å². The summed E-state index contributed by atoms with van der Waals surface area (Å²) in [5, 5.41) is 1.01. The average molecular weight is 332 g/mol. The van der Waals surface area contributed by atoms with Crippen LogP contribution in [-0.4, -0.2) is 38.8 Å². The number of carbonyl (C=O) groups excluding carboxylic acids is 1. The van der Waals surface area contributed by atoms with E-state index >= 15 is 0 Å². The smallest absolute Gasteiger partial charge is 0.265 e. The number of aromatic amines is 1. The van der Waals surface area contributed by atoms with Crippen LogP contribution in [0.15, 0.2) is 17.2 Å². The van der Waals surface area contributed by atoms with E-state index in [1.54, 1.807) is 6.07 Å². The van der Waals surface area contributed by atoms with E-state index in [9.17, 15) is 9.59 Å².